The zero-order valence-electron chi connectivity index (χ0n) is 10.5. The van der Waals surface area contributed by atoms with Crippen molar-refractivity contribution >= 4 is 11.7 Å². The van der Waals surface area contributed by atoms with Crippen LogP contribution in [0.4, 0.5) is 14.6 Å². The van der Waals surface area contributed by atoms with Crippen molar-refractivity contribution in [1.82, 2.24) is 9.97 Å². The Labute approximate surface area is 112 Å². The molecule has 0 bridgehead atoms. The topological polar surface area (TPSA) is 74.8 Å². The number of benzene rings is 1. The number of H-pyrrole nitrogens is 1. The first-order valence-corrected chi connectivity index (χ1v) is 5.76. The molecule has 5 nitrogen and oxygen atoms in total. The van der Waals surface area contributed by atoms with Crippen molar-refractivity contribution in [2.24, 2.45) is 0 Å². The summed E-state index contributed by atoms with van der Waals surface area (Å²) in [7, 11) is 0. The van der Waals surface area contributed by atoms with Crippen molar-refractivity contribution in [3.8, 4) is 0 Å². The lowest BCUT2D eigenvalue weighted by atomic mass is 10.1. The monoisotopic (exact) mass is 279 g/mol. The summed E-state index contributed by atoms with van der Waals surface area (Å²) >= 11 is 0. The third-order valence-corrected chi connectivity index (χ3v) is 2.50. The largest absolute Gasteiger partial charge is 0.347 e. The van der Waals surface area contributed by atoms with Crippen molar-refractivity contribution < 1.29 is 13.6 Å². The van der Waals surface area contributed by atoms with Gasteiger partial charge in [-0.25, -0.2) is 13.6 Å². The molecule has 0 fully saturated rings. The molecule has 1 heterocycles. The minimum atomic E-state index is -1.01. The van der Waals surface area contributed by atoms with Gasteiger partial charge in [0.1, 0.15) is 5.82 Å². The van der Waals surface area contributed by atoms with Crippen LogP contribution < -0.4 is 11.0 Å². The quantitative estimate of drug-likeness (QED) is 0.894. The van der Waals surface area contributed by atoms with Crippen LogP contribution in [0.15, 0.2) is 29.1 Å². The number of aryl methyl sites for hydroxylation is 1. The summed E-state index contributed by atoms with van der Waals surface area (Å²) in [6.45, 7) is 1.65. The van der Waals surface area contributed by atoms with Gasteiger partial charge in [0, 0.05) is 11.8 Å². The fourth-order valence-corrected chi connectivity index (χ4v) is 1.67. The first kappa shape index (κ1) is 13.9. The van der Waals surface area contributed by atoms with E-state index in [4.69, 9.17) is 0 Å². The van der Waals surface area contributed by atoms with E-state index in [1.54, 1.807) is 6.92 Å². The molecule has 1 aromatic carbocycles. The van der Waals surface area contributed by atoms with Crippen LogP contribution in [0.1, 0.15) is 11.3 Å². The Bertz CT molecular complexity index is 713. The molecule has 0 unspecified atom stereocenters. The summed E-state index contributed by atoms with van der Waals surface area (Å²) in [5, 5.41) is 2.42. The predicted molar refractivity (Wildman–Crippen MR) is 68.3 cm³/mol. The summed E-state index contributed by atoms with van der Waals surface area (Å²) in [4.78, 5) is 28.9. The van der Waals surface area contributed by atoms with Crippen LogP contribution in [-0.2, 0) is 11.2 Å². The molecule has 0 aliphatic carbocycles. The van der Waals surface area contributed by atoms with Crippen LogP contribution in [-0.4, -0.2) is 15.9 Å². The van der Waals surface area contributed by atoms with Gasteiger partial charge in [-0.05, 0) is 24.6 Å². The predicted octanol–water partition coefficient (Wildman–Crippen LogP) is 1.54. The zero-order valence-corrected chi connectivity index (χ0v) is 10.5. The van der Waals surface area contributed by atoms with Gasteiger partial charge in [-0.15, -0.1) is 0 Å². The van der Waals surface area contributed by atoms with Crippen molar-refractivity contribution in [3.05, 3.63) is 57.6 Å². The second kappa shape index (κ2) is 5.60. The molecule has 0 saturated carbocycles. The van der Waals surface area contributed by atoms with Gasteiger partial charge in [0.15, 0.2) is 11.6 Å². The third-order valence-electron chi connectivity index (χ3n) is 2.50. The van der Waals surface area contributed by atoms with Crippen molar-refractivity contribution in [1.29, 1.82) is 0 Å². The number of hydrogen-bond acceptors (Lipinski definition) is 3. The molecule has 0 atom stereocenters. The number of nitrogens with one attached hydrogen (secondary N) is 2. The Morgan fingerprint density at radius 2 is 2.05 bits per heavy atom. The van der Waals surface area contributed by atoms with E-state index >= 15 is 0 Å². The molecule has 7 heteroatoms. The highest BCUT2D eigenvalue weighted by atomic mass is 19.2. The van der Waals surface area contributed by atoms with Gasteiger partial charge in [-0.3, -0.25) is 4.79 Å². The highest BCUT2D eigenvalue weighted by Crippen LogP contribution is 2.10. The lowest BCUT2D eigenvalue weighted by Gasteiger charge is -2.05. The van der Waals surface area contributed by atoms with Gasteiger partial charge in [0.05, 0.1) is 6.42 Å². The minimum absolute atomic E-state index is 0.110. The SMILES string of the molecule is Cc1cc(NC(=O)Cc2ccc(F)c(F)c2)nc(=O)[nH]1. The molecule has 1 amide bonds. The van der Waals surface area contributed by atoms with Crippen LogP contribution >= 0.6 is 0 Å². The fraction of sp³-hybridized carbons (Fsp3) is 0.154. The van der Waals surface area contributed by atoms with E-state index in [0.717, 1.165) is 12.1 Å². The average molecular weight is 279 g/mol. The third kappa shape index (κ3) is 3.47. The van der Waals surface area contributed by atoms with E-state index in [0.29, 0.717) is 11.3 Å². The molecule has 2 N–H and O–H groups in total. The summed E-state index contributed by atoms with van der Waals surface area (Å²) in [6, 6.07) is 4.71. The van der Waals surface area contributed by atoms with E-state index in [1.165, 1.54) is 12.1 Å². The number of nitrogens with zero attached hydrogens (tertiary/aromatic N) is 1. The van der Waals surface area contributed by atoms with E-state index < -0.39 is 23.2 Å². The Morgan fingerprint density at radius 1 is 1.30 bits per heavy atom. The highest BCUT2D eigenvalue weighted by Gasteiger charge is 2.08. The maximum absolute atomic E-state index is 13.0. The lowest BCUT2D eigenvalue weighted by Crippen LogP contribution is -2.20. The summed E-state index contributed by atoms with van der Waals surface area (Å²) in [5.74, 6) is -2.35. The van der Waals surface area contributed by atoms with E-state index in [1.807, 2.05) is 0 Å². The molecule has 0 spiro atoms. The van der Waals surface area contributed by atoms with Crippen LogP contribution in [0.3, 0.4) is 0 Å². The maximum Gasteiger partial charge on any atom is 0.347 e. The zero-order chi connectivity index (χ0) is 14.7. The molecule has 20 heavy (non-hydrogen) atoms. The smallest absolute Gasteiger partial charge is 0.310 e. The molecular weight excluding hydrogens is 268 g/mol. The molecule has 0 aliphatic heterocycles. The number of anilines is 1. The molecule has 0 saturated heterocycles. The number of aromatic amines is 1. The molecule has 2 aromatic rings. The van der Waals surface area contributed by atoms with Crippen molar-refractivity contribution in [2.45, 2.75) is 13.3 Å². The Kier molecular flexibility index (Phi) is 3.88. The molecule has 104 valence electrons. The van der Waals surface area contributed by atoms with Gasteiger partial charge < -0.3 is 10.3 Å². The van der Waals surface area contributed by atoms with Gasteiger partial charge in [0.2, 0.25) is 5.91 Å². The summed E-state index contributed by atoms with van der Waals surface area (Å²) < 4.78 is 25.7. The Morgan fingerprint density at radius 3 is 2.70 bits per heavy atom. The van der Waals surface area contributed by atoms with Gasteiger partial charge in [0.25, 0.3) is 0 Å². The maximum atomic E-state index is 13.0. The first-order chi connectivity index (χ1) is 9.44. The van der Waals surface area contributed by atoms with Gasteiger partial charge in [-0.2, -0.15) is 4.98 Å². The van der Waals surface area contributed by atoms with Crippen molar-refractivity contribution in [2.75, 3.05) is 5.32 Å². The second-order valence-corrected chi connectivity index (χ2v) is 4.23. The number of amides is 1. The Hall–Kier alpha value is -2.57. The number of carbonyl (C=O) groups excluding carboxylic acids is 1. The van der Waals surface area contributed by atoms with Gasteiger partial charge in [-0.1, -0.05) is 6.07 Å². The number of halogens is 2. The molecule has 1 aromatic heterocycles. The van der Waals surface area contributed by atoms with Crippen LogP contribution in [0.25, 0.3) is 0 Å². The number of aromatic nitrogens is 2. The van der Waals surface area contributed by atoms with E-state index in [2.05, 4.69) is 15.3 Å². The van der Waals surface area contributed by atoms with Crippen LogP contribution in [0, 0.1) is 18.6 Å². The average Bonchev–Trinajstić information content (AvgIpc) is 2.32. The molecule has 2 rings (SSSR count). The highest BCUT2D eigenvalue weighted by molar-refractivity contribution is 5.91. The molecule has 0 radical (unpaired) electrons. The summed E-state index contributed by atoms with van der Waals surface area (Å²) in [6.07, 6.45) is -0.148. The Balaban J connectivity index is 2.08. The first-order valence-electron chi connectivity index (χ1n) is 5.76. The van der Waals surface area contributed by atoms with E-state index in [9.17, 15) is 18.4 Å². The number of carbonyl (C=O) groups is 1. The lowest BCUT2D eigenvalue weighted by molar-refractivity contribution is -0.115. The fourth-order valence-electron chi connectivity index (χ4n) is 1.67. The molecular formula is C13H11F2N3O2. The van der Waals surface area contributed by atoms with E-state index in [-0.39, 0.29) is 12.2 Å². The second-order valence-electron chi connectivity index (χ2n) is 4.23. The normalized spacial score (nSPS) is 10.3. The standard InChI is InChI=1S/C13H11F2N3O2/c1-7-4-11(18-13(20)16-7)17-12(19)6-8-2-3-9(14)10(15)5-8/h2-5H,6H2,1H3,(H2,16,17,18,19,20). The number of hydrogen-bond donors (Lipinski definition) is 2. The molecule has 0 aliphatic rings. The van der Waals surface area contributed by atoms with Crippen LogP contribution in [0.2, 0.25) is 0 Å². The number of rotatable bonds is 3. The van der Waals surface area contributed by atoms with Crippen molar-refractivity contribution in [3.63, 3.8) is 0 Å². The summed E-state index contributed by atoms with van der Waals surface area (Å²) in [5.41, 5.74) is 0.296. The van der Waals surface area contributed by atoms with Gasteiger partial charge >= 0.3 is 5.69 Å². The minimum Gasteiger partial charge on any atom is -0.310 e. The van der Waals surface area contributed by atoms with Crippen LogP contribution in [0.5, 0.6) is 0 Å².